The topological polar surface area (TPSA) is 0 Å². The SMILES string of the molecule is CCCB(Br)CC. The zero-order chi connectivity index (χ0) is 5.70. The molecule has 0 saturated heterocycles. The Hall–Kier alpha value is 0.545. The lowest BCUT2D eigenvalue weighted by atomic mass is 9.70. The Labute approximate surface area is 54.7 Å². The van der Waals surface area contributed by atoms with Crippen molar-refractivity contribution >= 4 is 21.3 Å². The van der Waals surface area contributed by atoms with Crippen molar-refractivity contribution in [3.8, 4) is 0 Å². The first kappa shape index (κ1) is 7.54. The molecule has 7 heavy (non-hydrogen) atoms. The summed E-state index contributed by atoms with van der Waals surface area (Å²) in [6.07, 6.45) is 3.87. The molecule has 0 spiro atoms. The fourth-order valence-corrected chi connectivity index (χ4v) is 0.975. The van der Waals surface area contributed by atoms with Gasteiger partial charge in [0, 0.05) is 0 Å². The third-order valence-corrected chi connectivity index (χ3v) is 2.15. The molecule has 0 fully saturated rings. The van der Waals surface area contributed by atoms with Gasteiger partial charge in [0.1, 0.15) is 0 Å². The highest BCUT2D eigenvalue weighted by Crippen LogP contribution is 2.07. The largest absolute Gasteiger partial charge is 0.222 e. The van der Waals surface area contributed by atoms with Crippen LogP contribution < -0.4 is 0 Å². The molecule has 0 aliphatic carbocycles. The van der Waals surface area contributed by atoms with Gasteiger partial charge < -0.3 is 0 Å². The van der Waals surface area contributed by atoms with Gasteiger partial charge in [0.2, 0.25) is 5.54 Å². The van der Waals surface area contributed by atoms with Crippen LogP contribution in [-0.4, -0.2) is 5.54 Å². The quantitative estimate of drug-likeness (QED) is 0.561. The van der Waals surface area contributed by atoms with Crippen molar-refractivity contribution in [1.29, 1.82) is 0 Å². The summed E-state index contributed by atoms with van der Waals surface area (Å²) in [5, 5.41) is 0. The molecule has 0 nitrogen and oxygen atoms in total. The normalized spacial score (nSPS) is 9.00. The minimum absolute atomic E-state index is 0.762. The van der Waals surface area contributed by atoms with Crippen LogP contribution in [0.25, 0.3) is 0 Å². The number of rotatable bonds is 3. The maximum atomic E-state index is 3.54. The highest BCUT2D eigenvalue weighted by Gasteiger charge is 2.01. The first-order valence-corrected chi connectivity index (χ1v) is 3.86. The van der Waals surface area contributed by atoms with Crippen LogP contribution in [0.2, 0.25) is 12.6 Å². The van der Waals surface area contributed by atoms with Gasteiger partial charge in [-0.15, -0.1) is 0 Å². The van der Waals surface area contributed by atoms with Gasteiger partial charge in [0.15, 0.2) is 0 Å². The highest BCUT2D eigenvalue weighted by molar-refractivity contribution is 9.24. The maximum absolute atomic E-state index is 3.54. The average Bonchev–Trinajstić information content (AvgIpc) is 1.68. The van der Waals surface area contributed by atoms with Gasteiger partial charge in [-0.3, -0.25) is 0 Å². The Morgan fingerprint density at radius 1 is 1.43 bits per heavy atom. The minimum atomic E-state index is 0.762. The van der Waals surface area contributed by atoms with Gasteiger partial charge >= 0.3 is 0 Å². The van der Waals surface area contributed by atoms with Gasteiger partial charge in [-0.05, 0) is 0 Å². The summed E-state index contributed by atoms with van der Waals surface area (Å²) >= 11 is 3.54. The summed E-state index contributed by atoms with van der Waals surface area (Å²) in [7, 11) is 0. The molecule has 0 aliphatic heterocycles. The smallest absolute Gasteiger partial charge is 0.157 e. The summed E-state index contributed by atoms with van der Waals surface area (Å²) in [5.41, 5.74) is 0.762. The fourth-order valence-electron chi connectivity index (χ4n) is 0.517. The molecule has 0 N–H and O–H groups in total. The van der Waals surface area contributed by atoms with Crippen molar-refractivity contribution in [2.24, 2.45) is 0 Å². The van der Waals surface area contributed by atoms with Crippen molar-refractivity contribution in [2.45, 2.75) is 32.9 Å². The average molecular weight is 163 g/mol. The third-order valence-electron chi connectivity index (χ3n) is 1.04. The van der Waals surface area contributed by atoms with Crippen LogP contribution in [0, 0.1) is 0 Å². The van der Waals surface area contributed by atoms with E-state index in [1.165, 1.54) is 19.1 Å². The van der Waals surface area contributed by atoms with E-state index in [2.05, 4.69) is 29.6 Å². The first-order chi connectivity index (χ1) is 3.31. The summed E-state index contributed by atoms with van der Waals surface area (Å²) in [6, 6.07) is 0. The molecular weight excluding hydrogens is 151 g/mol. The zero-order valence-electron chi connectivity index (χ0n) is 5.08. The zero-order valence-corrected chi connectivity index (χ0v) is 6.66. The van der Waals surface area contributed by atoms with E-state index in [0.29, 0.717) is 0 Å². The molecule has 0 heterocycles. The summed E-state index contributed by atoms with van der Waals surface area (Å²) in [4.78, 5) is 0. The van der Waals surface area contributed by atoms with Crippen molar-refractivity contribution in [3.63, 3.8) is 0 Å². The second-order valence-electron chi connectivity index (χ2n) is 1.79. The predicted octanol–water partition coefficient (Wildman–Crippen LogP) is 2.80. The van der Waals surface area contributed by atoms with Crippen molar-refractivity contribution < 1.29 is 0 Å². The van der Waals surface area contributed by atoms with Gasteiger partial charge in [-0.1, -0.05) is 32.9 Å². The lowest BCUT2D eigenvalue weighted by Gasteiger charge is -1.95. The van der Waals surface area contributed by atoms with Crippen molar-refractivity contribution in [1.82, 2.24) is 0 Å². The number of hydrogen-bond donors (Lipinski definition) is 0. The Morgan fingerprint density at radius 3 is 2.14 bits per heavy atom. The van der Waals surface area contributed by atoms with E-state index in [-0.39, 0.29) is 0 Å². The lowest BCUT2D eigenvalue weighted by molar-refractivity contribution is 1.06. The van der Waals surface area contributed by atoms with Crippen LogP contribution in [0.3, 0.4) is 0 Å². The molecular formula is C5H12BBr. The molecule has 0 atom stereocenters. The van der Waals surface area contributed by atoms with Crippen LogP contribution in [0.4, 0.5) is 0 Å². The molecule has 0 aromatic rings. The molecule has 42 valence electrons. The van der Waals surface area contributed by atoms with E-state index in [1.807, 2.05) is 0 Å². The Balaban J connectivity index is 2.83. The third kappa shape index (κ3) is 4.40. The molecule has 0 saturated carbocycles. The molecule has 0 unspecified atom stereocenters. The van der Waals surface area contributed by atoms with Gasteiger partial charge in [-0.25, -0.2) is 0 Å². The first-order valence-electron chi connectivity index (χ1n) is 2.95. The molecule has 0 aromatic heterocycles. The van der Waals surface area contributed by atoms with Crippen LogP contribution >= 0.6 is 15.8 Å². The molecule has 0 bridgehead atoms. The number of hydrogen-bond acceptors (Lipinski definition) is 0. The fraction of sp³-hybridized carbons (Fsp3) is 1.00. The highest BCUT2D eigenvalue weighted by atomic mass is 79.9. The summed E-state index contributed by atoms with van der Waals surface area (Å²) in [6.45, 7) is 4.42. The molecule has 0 rings (SSSR count). The van der Waals surface area contributed by atoms with Gasteiger partial charge in [0.05, 0.1) is 0 Å². The Bertz CT molecular complexity index is 39.1. The maximum Gasteiger partial charge on any atom is 0.222 e. The van der Waals surface area contributed by atoms with Crippen LogP contribution in [0.1, 0.15) is 20.3 Å². The number of halogens is 1. The summed E-state index contributed by atoms with van der Waals surface area (Å²) in [5.74, 6) is 0. The molecule has 2 heteroatoms. The second-order valence-corrected chi connectivity index (χ2v) is 3.09. The molecule has 0 amide bonds. The van der Waals surface area contributed by atoms with E-state index in [1.54, 1.807) is 0 Å². The van der Waals surface area contributed by atoms with E-state index in [9.17, 15) is 0 Å². The Morgan fingerprint density at radius 2 is 2.00 bits per heavy atom. The standard InChI is InChI=1S/C5H12BBr/c1-3-5-6(7)4-2/h3-5H2,1-2H3. The van der Waals surface area contributed by atoms with E-state index >= 15 is 0 Å². The van der Waals surface area contributed by atoms with Crippen LogP contribution in [0.5, 0.6) is 0 Å². The van der Waals surface area contributed by atoms with Gasteiger partial charge in [-0.2, -0.15) is 15.8 Å². The minimum Gasteiger partial charge on any atom is -0.157 e. The summed E-state index contributed by atoms with van der Waals surface area (Å²) < 4.78 is 0. The van der Waals surface area contributed by atoms with Gasteiger partial charge in [0.25, 0.3) is 0 Å². The molecule has 0 aliphatic rings. The van der Waals surface area contributed by atoms with E-state index in [4.69, 9.17) is 0 Å². The second kappa shape index (κ2) is 4.70. The molecule has 0 aromatic carbocycles. The lowest BCUT2D eigenvalue weighted by Crippen LogP contribution is -1.96. The van der Waals surface area contributed by atoms with Crippen LogP contribution in [-0.2, 0) is 0 Å². The monoisotopic (exact) mass is 162 g/mol. The van der Waals surface area contributed by atoms with E-state index < -0.39 is 0 Å². The Kier molecular flexibility index (Phi) is 5.06. The van der Waals surface area contributed by atoms with Crippen LogP contribution in [0.15, 0.2) is 0 Å². The van der Waals surface area contributed by atoms with E-state index in [0.717, 1.165) is 5.54 Å². The predicted molar refractivity (Wildman–Crippen MR) is 40.3 cm³/mol. The van der Waals surface area contributed by atoms with Crippen molar-refractivity contribution in [2.75, 3.05) is 0 Å². The molecule has 0 radical (unpaired) electrons. The van der Waals surface area contributed by atoms with Crippen molar-refractivity contribution in [3.05, 3.63) is 0 Å².